The van der Waals surface area contributed by atoms with Gasteiger partial charge in [0.1, 0.15) is 5.75 Å². The minimum atomic E-state index is -4.67. The number of alkyl halides is 6. The Bertz CT molecular complexity index is 958. The third-order valence-electron chi connectivity index (χ3n) is 3.55. The molecule has 1 aromatic heterocycles. The minimum Gasteiger partial charge on any atom is -0.506 e. The molecule has 0 saturated heterocycles. The molecular weight excluding hydrogens is 352 g/mol. The van der Waals surface area contributed by atoms with Gasteiger partial charge in [-0.3, -0.25) is 4.57 Å². The number of hydrogen-bond donors (Lipinski definition) is 2. The van der Waals surface area contributed by atoms with Crippen LogP contribution in [0.3, 0.4) is 0 Å². The first kappa shape index (κ1) is 16.9. The van der Waals surface area contributed by atoms with Crippen molar-refractivity contribution in [1.29, 1.82) is 0 Å². The average Bonchev–Trinajstić information content (AvgIpc) is 2.80. The zero-order valence-corrected chi connectivity index (χ0v) is 12.2. The Morgan fingerprint density at radius 3 is 2.04 bits per heavy atom. The number of nitrogens with two attached hydrogens (primary N) is 1. The number of imidazole rings is 1. The highest BCUT2D eigenvalue weighted by Gasteiger charge is 2.33. The maximum atomic E-state index is 12.9. The van der Waals surface area contributed by atoms with Gasteiger partial charge in [-0.2, -0.15) is 26.3 Å². The molecule has 4 nitrogen and oxygen atoms in total. The van der Waals surface area contributed by atoms with Crippen LogP contribution in [-0.4, -0.2) is 14.7 Å². The summed E-state index contributed by atoms with van der Waals surface area (Å²) in [6, 6.07) is 4.66. The molecule has 0 fully saturated rings. The average molecular weight is 361 g/mol. The minimum absolute atomic E-state index is 0.0279. The van der Waals surface area contributed by atoms with Crippen molar-refractivity contribution in [3.05, 3.63) is 47.5 Å². The Morgan fingerprint density at radius 1 is 0.880 bits per heavy atom. The fourth-order valence-corrected chi connectivity index (χ4v) is 2.41. The van der Waals surface area contributed by atoms with Crippen LogP contribution in [0.25, 0.3) is 16.7 Å². The van der Waals surface area contributed by atoms with E-state index in [2.05, 4.69) is 4.98 Å². The normalized spacial score (nSPS) is 12.7. The van der Waals surface area contributed by atoms with Crippen LogP contribution in [0.5, 0.6) is 5.75 Å². The van der Waals surface area contributed by atoms with Crippen LogP contribution in [-0.2, 0) is 12.4 Å². The van der Waals surface area contributed by atoms with Gasteiger partial charge in [-0.05, 0) is 36.4 Å². The van der Waals surface area contributed by atoms with Gasteiger partial charge in [0.2, 0.25) is 5.95 Å². The first-order valence-corrected chi connectivity index (χ1v) is 6.74. The first-order chi connectivity index (χ1) is 11.5. The number of aromatic nitrogens is 2. The number of nitrogen functional groups attached to an aromatic ring is 1. The second kappa shape index (κ2) is 5.30. The second-order valence-corrected chi connectivity index (χ2v) is 5.21. The van der Waals surface area contributed by atoms with E-state index in [4.69, 9.17) is 5.73 Å². The Hall–Kier alpha value is -2.91. The van der Waals surface area contributed by atoms with Crippen LogP contribution >= 0.6 is 0 Å². The van der Waals surface area contributed by atoms with Crippen molar-refractivity contribution < 1.29 is 31.4 Å². The zero-order chi connectivity index (χ0) is 18.6. The number of benzene rings is 2. The van der Waals surface area contributed by atoms with Gasteiger partial charge >= 0.3 is 12.4 Å². The van der Waals surface area contributed by atoms with Crippen LogP contribution in [0.15, 0.2) is 36.4 Å². The fourth-order valence-electron chi connectivity index (χ4n) is 2.41. The summed E-state index contributed by atoms with van der Waals surface area (Å²) in [4.78, 5) is 3.74. The Balaban J connectivity index is 2.25. The quantitative estimate of drug-likeness (QED) is 0.634. The molecule has 0 bridgehead atoms. The Labute approximate surface area is 136 Å². The molecule has 0 unspecified atom stereocenters. The lowest BCUT2D eigenvalue weighted by molar-refractivity contribution is -0.138. The van der Waals surface area contributed by atoms with Gasteiger partial charge in [0.05, 0.1) is 27.8 Å². The molecule has 3 aromatic rings. The van der Waals surface area contributed by atoms with E-state index < -0.39 is 29.2 Å². The van der Waals surface area contributed by atoms with E-state index in [-0.39, 0.29) is 22.7 Å². The molecule has 3 rings (SSSR count). The van der Waals surface area contributed by atoms with Gasteiger partial charge in [0, 0.05) is 0 Å². The van der Waals surface area contributed by atoms with E-state index in [1.165, 1.54) is 0 Å². The maximum absolute atomic E-state index is 12.9. The van der Waals surface area contributed by atoms with E-state index in [0.29, 0.717) is 12.1 Å². The number of fused-ring (bicyclic) bond motifs is 1. The number of anilines is 1. The highest BCUT2D eigenvalue weighted by Crippen LogP contribution is 2.37. The van der Waals surface area contributed by atoms with Crippen LogP contribution < -0.4 is 5.73 Å². The number of rotatable bonds is 1. The van der Waals surface area contributed by atoms with E-state index in [0.717, 1.165) is 28.8 Å². The van der Waals surface area contributed by atoms with Crippen molar-refractivity contribution in [2.45, 2.75) is 12.4 Å². The number of nitrogens with zero attached hydrogens (tertiary/aromatic N) is 2. The van der Waals surface area contributed by atoms with Crippen molar-refractivity contribution in [3.63, 3.8) is 0 Å². The highest BCUT2D eigenvalue weighted by molar-refractivity contribution is 5.82. The highest BCUT2D eigenvalue weighted by atomic mass is 19.4. The lowest BCUT2D eigenvalue weighted by atomic mass is 10.1. The molecule has 0 aliphatic heterocycles. The SMILES string of the molecule is Nc1nc2cc(C(F)(F)F)ccc2n1-c1cc(C(F)(F)F)ccc1O. The standard InChI is InChI=1S/C15H9F6N3O/c16-14(17,18)7-1-3-10-9(5-7)23-13(22)24(10)11-6-8(15(19,20)21)2-4-12(11)25/h1-6,25H,(H2,22,23). The molecule has 1 heterocycles. The molecule has 0 atom stereocenters. The monoisotopic (exact) mass is 361 g/mol. The molecule has 0 radical (unpaired) electrons. The van der Waals surface area contributed by atoms with Crippen molar-refractivity contribution in [3.8, 4) is 11.4 Å². The van der Waals surface area contributed by atoms with Crippen LogP contribution in [0.1, 0.15) is 11.1 Å². The third-order valence-corrected chi connectivity index (χ3v) is 3.55. The lowest BCUT2D eigenvalue weighted by Gasteiger charge is -2.13. The maximum Gasteiger partial charge on any atom is 0.416 e. The third kappa shape index (κ3) is 2.94. The molecule has 132 valence electrons. The molecule has 0 saturated carbocycles. The number of phenolic OH excluding ortho intramolecular Hbond substituents is 1. The second-order valence-electron chi connectivity index (χ2n) is 5.21. The molecular formula is C15H9F6N3O. The van der Waals surface area contributed by atoms with E-state index in [1.807, 2.05) is 0 Å². The molecule has 10 heteroatoms. The molecule has 0 aliphatic rings. The number of aromatic hydroxyl groups is 1. The Morgan fingerprint density at radius 2 is 1.44 bits per heavy atom. The van der Waals surface area contributed by atoms with Gasteiger partial charge in [-0.15, -0.1) is 0 Å². The van der Waals surface area contributed by atoms with E-state index in [1.54, 1.807) is 0 Å². The summed E-state index contributed by atoms with van der Waals surface area (Å²) < 4.78 is 77.9. The molecule has 25 heavy (non-hydrogen) atoms. The molecule has 0 aliphatic carbocycles. The van der Waals surface area contributed by atoms with Crippen molar-refractivity contribution >= 4 is 17.0 Å². The molecule has 0 spiro atoms. The van der Waals surface area contributed by atoms with Crippen molar-refractivity contribution in [1.82, 2.24) is 9.55 Å². The Kier molecular flexibility index (Phi) is 3.59. The molecule has 3 N–H and O–H groups in total. The number of halogens is 6. The summed E-state index contributed by atoms with van der Waals surface area (Å²) in [5.74, 6) is -0.886. The van der Waals surface area contributed by atoms with Gasteiger partial charge in [-0.25, -0.2) is 4.98 Å². The molecule has 2 aromatic carbocycles. The predicted molar refractivity (Wildman–Crippen MR) is 77.2 cm³/mol. The number of hydrogen-bond acceptors (Lipinski definition) is 3. The van der Waals surface area contributed by atoms with Gasteiger partial charge < -0.3 is 10.8 Å². The summed E-state index contributed by atoms with van der Waals surface area (Å²) >= 11 is 0. The fraction of sp³-hybridized carbons (Fsp3) is 0.133. The van der Waals surface area contributed by atoms with E-state index in [9.17, 15) is 31.4 Å². The topological polar surface area (TPSA) is 64.1 Å². The van der Waals surface area contributed by atoms with Crippen LogP contribution in [0.4, 0.5) is 32.3 Å². The van der Waals surface area contributed by atoms with Gasteiger partial charge in [0.15, 0.2) is 0 Å². The van der Waals surface area contributed by atoms with Crippen LogP contribution in [0.2, 0.25) is 0 Å². The zero-order valence-electron chi connectivity index (χ0n) is 12.2. The van der Waals surface area contributed by atoms with Crippen molar-refractivity contribution in [2.75, 3.05) is 5.73 Å². The summed E-state index contributed by atoms with van der Waals surface area (Å²) in [5.41, 5.74) is 3.16. The number of phenols is 1. The van der Waals surface area contributed by atoms with Gasteiger partial charge in [-0.1, -0.05) is 0 Å². The van der Waals surface area contributed by atoms with Crippen molar-refractivity contribution in [2.24, 2.45) is 0 Å². The van der Waals surface area contributed by atoms with Crippen LogP contribution in [0, 0.1) is 0 Å². The van der Waals surface area contributed by atoms with Gasteiger partial charge in [0.25, 0.3) is 0 Å². The summed E-state index contributed by atoms with van der Waals surface area (Å²) in [6.07, 6.45) is -9.28. The summed E-state index contributed by atoms with van der Waals surface area (Å²) in [7, 11) is 0. The largest absolute Gasteiger partial charge is 0.506 e. The molecule has 0 amide bonds. The van der Waals surface area contributed by atoms with E-state index >= 15 is 0 Å². The lowest BCUT2D eigenvalue weighted by Crippen LogP contribution is -2.07. The summed E-state index contributed by atoms with van der Waals surface area (Å²) in [6.45, 7) is 0. The smallest absolute Gasteiger partial charge is 0.416 e. The predicted octanol–water partition coefficient (Wildman–Crippen LogP) is 4.35. The first-order valence-electron chi connectivity index (χ1n) is 6.74. The summed E-state index contributed by atoms with van der Waals surface area (Å²) in [5, 5.41) is 9.89.